The third kappa shape index (κ3) is 9.35. The van der Waals surface area contributed by atoms with Crippen molar-refractivity contribution in [3.05, 3.63) is 35.4 Å². The number of carbonyl (C=O) groups excluding carboxylic acids is 2. The van der Waals surface area contributed by atoms with Gasteiger partial charge in [-0.15, -0.1) is 0 Å². The molecule has 1 aromatic rings. The van der Waals surface area contributed by atoms with Gasteiger partial charge in [0.25, 0.3) is 0 Å². The number of carboxylic acid groups (broad SMARTS) is 1. The number of hydrogen-bond donors (Lipinski definition) is 1. The SMILES string of the molecule is CC(=O)CCCCCCCCCCCOC(=O)c1ccccc1C(=O)O. The van der Waals surface area contributed by atoms with E-state index < -0.39 is 11.9 Å². The molecule has 0 aliphatic heterocycles. The van der Waals surface area contributed by atoms with Crippen molar-refractivity contribution in [1.82, 2.24) is 0 Å². The van der Waals surface area contributed by atoms with Gasteiger partial charge in [-0.25, -0.2) is 9.59 Å². The van der Waals surface area contributed by atoms with E-state index in [4.69, 9.17) is 9.84 Å². The number of esters is 1. The Morgan fingerprint density at radius 3 is 1.85 bits per heavy atom. The van der Waals surface area contributed by atoms with Crippen LogP contribution in [0.15, 0.2) is 24.3 Å². The van der Waals surface area contributed by atoms with Crippen LogP contribution in [0.5, 0.6) is 0 Å². The zero-order chi connectivity index (χ0) is 19.2. The normalized spacial score (nSPS) is 10.5. The smallest absolute Gasteiger partial charge is 0.339 e. The maximum Gasteiger partial charge on any atom is 0.339 e. The number of ether oxygens (including phenoxy) is 1. The highest BCUT2D eigenvalue weighted by molar-refractivity contribution is 6.02. The lowest BCUT2D eigenvalue weighted by Crippen LogP contribution is -2.12. The summed E-state index contributed by atoms with van der Waals surface area (Å²) in [7, 11) is 0. The van der Waals surface area contributed by atoms with Crippen molar-refractivity contribution in [3.8, 4) is 0 Å². The second kappa shape index (κ2) is 13.1. The number of unbranched alkanes of at least 4 members (excludes halogenated alkanes) is 8. The van der Waals surface area contributed by atoms with E-state index in [0.717, 1.165) is 32.1 Å². The molecule has 144 valence electrons. The molecule has 1 N–H and O–H groups in total. The highest BCUT2D eigenvalue weighted by Gasteiger charge is 2.16. The summed E-state index contributed by atoms with van der Waals surface area (Å²) in [6.45, 7) is 1.96. The van der Waals surface area contributed by atoms with Gasteiger partial charge in [0.2, 0.25) is 0 Å². The standard InChI is InChI=1S/C21H30O5/c1-17(22)13-9-7-5-3-2-4-6-8-12-16-26-21(25)19-15-11-10-14-18(19)20(23)24/h10-11,14-15H,2-9,12-13,16H2,1H3,(H,23,24). The Kier molecular flexibility index (Phi) is 11.0. The molecule has 0 aromatic heterocycles. The first-order valence-electron chi connectivity index (χ1n) is 9.51. The predicted molar refractivity (Wildman–Crippen MR) is 101 cm³/mol. The van der Waals surface area contributed by atoms with E-state index in [0.29, 0.717) is 13.0 Å². The lowest BCUT2D eigenvalue weighted by molar-refractivity contribution is -0.117. The van der Waals surface area contributed by atoms with Gasteiger partial charge < -0.3 is 14.6 Å². The largest absolute Gasteiger partial charge is 0.478 e. The first-order chi connectivity index (χ1) is 12.5. The summed E-state index contributed by atoms with van der Waals surface area (Å²) in [5.41, 5.74) is 0.0746. The van der Waals surface area contributed by atoms with Gasteiger partial charge >= 0.3 is 11.9 Å². The molecule has 0 atom stereocenters. The van der Waals surface area contributed by atoms with Crippen molar-refractivity contribution in [3.63, 3.8) is 0 Å². The van der Waals surface area contributed by atoms with E-state index >= 15 is 0 Å². The Morgan fingerprint density at radius 1 is 0.808 bits per heavy atom. The zero-order valence-electron chi connectivity index (χ0n) is 15.7. The summed E-state index contributed by atoms with van der Waals surface area (Å²) in [5, 5.41) is 9.08. The van der Waals surface area contributed by atoms with Crippen molar-refractivity contribution >= 4 is 17.7 Å². The van der Waals surface area contributed by atoms with Gasteiger partial charge in [-0.05, 0) is 31.9 Å². The van der Waals surface area contributed by atoms with E-state index in [1.54, 1.807) is 19.1 Å². The summed E-state index contributed by atoms with van der Waals surface area (Å²) in [6.07, 6.45) is 10.5. The maximum absolute atomic E-state index is 12.0. The van der Waals surface area contributed by atoms with Gasteiger partial charge in [-0.2, -0.15) is 0 Å². The van der Waals surface area contributed by atoms with Crippen LogP contribution in [0.25, 0.3) is 0 Å². The van der Waals surface area contributed by atoms with E-state index in [2.05, 4.69) is 0 Å². The van der Waals surface area contributed by atoms with Gasteiger partial charge in [0.15, 0.2) is 0 Å². The van der Waals surface area contributed by atoms with Crippen LogP contribution in [0.2, 0.25) is 0 Å². The molecule has 0 fully saturated rings. The maximum atomic E-state index is 12.0. The first kappa shape index (κ1) is 21.9. The number of benzene rings is 1. The summed E-state index contributed by atoms with van der Waals surface area (Å²) in [6, 6.07) is 6.09. The number of hydrogen-bond acceptors (Lipinski definition) is 4. The molecule has 0 saturated heterocycles. The Morgan fingerprint density at radius 2 is 1.31 bits per heavy atom. The second-order valence-corrected chi connectivity index (χ2v) is 6.62. The summed E-state index contributed by atoms with van der Waals surface area (Å²) < 4.78 is 5.18. The van der Waals surface area contributed by atoms with Crippen LogP contribution in [0.1, 0.15) is 91.8 Å². The average Bonchev–Trinajstić information content (AvgIpc) is 2.62. The topological polar surface area (TPSA) is 80.7 Å². The lowest BCUT2D eigenvalue weighted by Gasteiger charge is -2.07. The van der Waals surface area contributed by atoms with Crippen molar-refractivity contribution in [2.24, 2.45) is 0 Å². The summed E-state index contributed by atoms with van der Waals surface area (Å²) in [4.78, 5) is 33.9. The summed E-state index contributed by atoms with van der Waals surface area (Å²) >= 11 is 0. The number of carbonyl (C=O) groups is 3. The Bertz CT molecular complexity index is 580. The molecule has 0 spiro atoms. The van der Waals surface area contributed by atoms with E-state index in [9.17, 15) is 14.4 Å². The number of aromatic carboxylic acids is 1. The molecule has 0 bridgehead atoms. The lowest BCUT2D eigenvalue weighted by atomic mass is 10.1. The van der Waals surface area contributed by atoms with Crippen LogP contribution < -0.4 is 0 Å². The molecule has 0 amide bonds. The van der Waals surface area contributed by atoms with E-state index in [-0.39, 0.29) is 16.9 Å². The van der Waals surface area contributed by atoms with Crippen LogP contribution >= 0.6 is 0 Å². The van der Waals surface area contributed by atoms with Crippen LogP contribution in [-0.4, -0.2) is 29.4 Å². The Hall–Kier alpha value is -2.17. The number of rotatable bonds is 14. The average molecular weight is 362 g/mol. The first-order valence-corrected chi connectivity index (χ1v) is 9.51. The molecule has 0 aliphatic rings. The molecular formula is C21H30O5. The van der Waals surface area contributed by atoms with Crippen LogP contribution in [0, 0.1) is 0 Å². The number of ketones is 1. The van der Waals surface area contributed by atoms with Crippen LogP contribution in [0.4, 0.5) is 0 Å². The monoisotopic (exact) mass is 362 g/mol. The molecule has 5 nitrogen and oxygen atoms in total. The van der Waals surface area contributed by atoms with Gasteiger partial charge in [-0.3, -0.25) is 0 Å². The highest BCUT2D eigenvalue weighted by atomic mass is 16.5. The quantitative estimate of drug-likeness (QED) is 0.371. The van der Waals surface area contributed by atoms with Gasteiger partial charge in [0, 0.05) is 6.42 Å². The van der Waals surface area contributed by atoms with Gasteiger partial charge in [0.1, 0.15) is 5.78 Å². The van der Waals surface area contributed by atoms with Crippen LogP contribution in [0.3, 0.4) is 0 Å². The molecule has 26 heavy (non-hydrogen) atoms. The van der Waals surface area contributed by atoms with Gasteiger partial charge in [0.05, 0.1) is 17.7 Å². The highest BCUT2D eigenvalue weighted by Crippen LogP contribution is 2.13. The molecular weight excluding hydrogens is 332 g/mol. The van der Waals surface area contributed by atoms with Crippen LogP contribution in [-0.2, 0) is 9.53 Å². The molecule has 0 unspecified atom stereocenters. The van der Waals surface area contributed by atoms with Crippen molar-refractivity contribution in [2.45, 2.75) is 71.1 Å². The fourth-order valence-electron chi connectivity index (χ4n) is 2.80. The minimum atomic E-state index is -1.13. The van der Waals surface area contributed by atoms with E-state index in [1.807, 2.05) is 0 Å². The minimum Gasteiger partial charge on any atom is -0.478 e. The molecule has 5 heteroatoms. The molecule has 0 heterocycles. The summed E-state index contributed by atoms with van der Waals surface area (Å²) in [5.74, 6) is -1.43. The Balaban J connectivity index is 2.03. The minimum absolute atomic E-state index is 0.0270. The zero-order valence-corrected chi connectivity index (χ0v) is 15.7. The number of carboxylic acids is 1. The molecule has 0 aliphatic carbocycles. The Labute approximate surface area is 155 Å². The molecule has 1 aromatic carbocycles. The molecule has 0 saturated carbocycles. The van der Waals surface area contributed by atoms with Crippen molar-refractivity contribution in [2.75, 3.05) is 6.61 Å². The molecule has 1 rings (SSSR count). The predicted octanol–water partition coefficient (Wildman–Crippen LogP) is 5.03. The third-order valence-electron chi connectivity index (χ3n) is 4.28. The van der Waals surface area contributed by atoms with Gasteiger partial charge in [-0.1, -0.05) is 57.1 Å². The fourth-order valence-corrected chi connectivity index (χ4v) is 2.80. The van der Waals surface area contributed by atoms with E-state index in [1.165, 1.54) is 37.8 Å². The number of Topliss-reactive ketones (excluding diaryl/α,β-unsaturated/α-hetero) is 1. The van der Waals surface area contributed by atoms with Crippen molar-refractivity contribution < 1.29 is 24.2 Å². The molecule has 0 radical (unpaired) electrons. The second-order valence-electron chi connectivity index (χ2n) is 6.62. The van der Waals surface area contributed by atoms with Crippen molar-refractivity contribution in [1.29, 1.82) is 0 Å². The fraction of sp³-hybridized carbons (Fsp3) is 0.571. The third-order valence-corrected chi connectivity index (χ3v) is 4.28.